The van der Waals surface area contributed by atoms with Gasteiger partial charge in [0.1, 0.15) is 24.2 Å². The first-order valence-corrected chi connectivity index (χ1v) is 13.2. The quantitative estimate of drug-likeness (QED) is 0.0627. The van der Waals surface area contributed by atoms with Gasteiger partial charge in [0.15, 0.2) is 0 Å². The first-order valence-electron chi connectivity index (χ1n) is 13.2. The molecule has 6 atom stereocenters. The van der Waals surface area contributed by atoms with Crippen molar-refractivity contribution in [3.05, 3.63) is 0 Å². The number of hydrogen-bond acceptors (Lipinski definition) is 10. The van der Waals surface area contributed by atoms with E-state index in [1.165, 1.54) is 6.92 Å². The van der Waals surface area contributed by atoms with Crippen molar-refractivity contribution in [2.24, 2.45) is 28.9 Å². The first kappa shape index (κ1) is 36.7. The van der Waals surface area contributed by atoms with Crippen molar-refractivity contribution in [2.45, 2.75) is 95.6 Å². The highest BCUT2D eigenvalue weighted by Gasteiger charge is 2.34. The van der Waals surface area contributed by atoms with E-state index in [1.54, 1.807) is 13.8 Å². The van der Waals surface area contributed by atoms with Gasteiger partial charge in [0, 0.05) is 0 Å². The van der Waals surface area contributed by atoms with E-state index in [-0.39, 0.29) is 13.0 Å². The molecule has 230 valence electrons. The minimum absolute atomic E-state index is 0.0546. The number of carbonyl (C=O) groups excluding carboxylic acids is 5. The standard InChI is InChI=1S/C24H46N8O8/c1-12(2)18(22(37)30-16(24(39)40)11-17(28)34)31-21(36)15(8-6-10-26)29-23(38)19(13(3)33)32-20(35)14(27)7-4-5-9-25/h12-16,18-19,33H,4-11,25-27H2,1-3H3,(H2,28,34)(H,29,38)(H,30,37)(H,31,36)(H,32,35)(H,39,40)/t13-,14+,15+,16+,18+,19+/m1/s1. The maximum absolute atomic E-state index is 13.2. The summed E-state index contributed by atoms with van der Waals surface area (Å²) in [7, 11) is 0. The second-order valence-corrected chi connectivity index (χ2v) is 9.91. The maximum Gasteiger partial charge on any atom is 0.326 e. The highest BCUT2D eigenvalue weighted by atomic mass is 16.4. The van der Waals surface area contributed by atoms with Crippen LogP contribution in [-0.2, 0) is 28.8 Å². The summed E-state index contributed by atoms with van der Waals surface area (Å²) < 4.78 is 0. The Morgan fingerprint density at radius 2 is 1.23 bits per heavy atom. The van der Waals surface area contributed by atoms with Crippen LogP contribution in [0.2, 0.25) is 0 Å². The van der Waals surface area contributed by atoms with Crippen LogP contribution in [0.4, 0.5) is 0 Å². The van der Waals surface area contributed by atoms with E-state index >= 15 is 0 Å². The number of carboxylic acids is 1. The van der Waals surface area contributed by atoms with E-state index in [0.29, 0.717) is 32.2 Å². The van der Waals surface area contributed by atoms with Crippen molar-refractivity contribution in [3.8, 4) is 0 Å². The zero-order valence-corrected chi connectivity index (χ0v) is 23.4. The molecule has 0 bridgehead atoms. The number of aliphatic hydroxyl groups is 1. The van der Waals surface area contributed by atoms with Gasteiger partial charge in [0.2, 0.25) is 29.5 Å². The molecule has 0 saturated heterocycles. The Hall–Kier alpha value is -3.34. The summed E-state index contributed by atoms with van der Waals surface area (Å²) in [6.07, 6.45) is -0.0640. The third kappa shape index (κ3) is 13.6. The average Bonchev–Trinajstić information content (AvgIpc) is 2.86. The van der Waals surface area contributed by atoms with Crippen molar-refractivity contribution in [2.75, 3.05) is 13.1 Å². The van der Waals surface area contributed by atoms with E-state index in [0.717, 1.165) is 0 Å². The molecule has 0 spiro atoms. The van der Waals surface area contributed by atoms with Crippen LogP contribution in [0.1, 0.15) is 59.3 Å². The molecule has 40 heavy (non-hydrogen) atoms. The molecule has 16 nitrogen and oxygen atoms in total. The Kier molecular flexibility index (Phi) is 17.3. The molecule has 0 aliphatic heterocycles. The minimum Gasteiger partial charge on any atom is -0.480 e. The van der Waals surface area contributed by atoms with Gasteiger partial charge in [0.05, 0.1) is 18.6 Å². The number of carbonyl (C=O) groups is 6. The van der Waals surface area contributed by atoms with Crippen LogP contribution in [0.5, 0.6) is 0 Å². The lowest BCUT2D eigenvalue weighted by molar-refractivity contribution is -0.144. The zero-order valence-electron chi connectivity index (χ0n) is 23.4. The van der Waals surface area contributed by atoms with E-state index < -0.39 is 84.2 Å². The van der Waals surface area contributed by atoms with Gasteiger partial charge >= 0.3 is 5.97 Å². The Labute approximate surface area is 233 Å². The van der Waals surface area contributed by atoms with Gasteiger partial charge in [0.25, 0.3) is 0 Å². The van der Waals surface area contributed by atoms with Crippen LogP contribution in [0.25, 0.3) is 0 Å². The van der Waals surface area contributed by atoms with E-state index in [9.17, 15) is 39.0 Å². The summed E-state index contributed by atoms with van der Waals surface area (Å²) in [4.78, 5) is 74.0. The SMILES string of the molecule is CC(C)[C@H](NC(=O)[C@H](CCCN)NC(=O)[C@@H](NC(=O)[C@@H](N)CCCCN)[C@@H](C)O)C(=O)N[C@@H](CC(N)=O)C(=O)O. The normalized spacial score (nSPS) is 15.6. The first-order chi connectivity index (χ1) is 18.7. The third-order valence-corrected chi connectivity index (χ3v) is 5.97. The number of aliphatic hydroxyl groups excluding tert-OH is 1. The Morgan fingerprint density at radius 1 is 0.700 bits per heavy atom. The lowest BCUT2D eigenvalue weighted by Crippen LogP contribution is -2.61. The van der Waals surface area contributed by atoms with Crippen LogP contribution in [-0.4, -0.2) is 95.1 Å². The van der Waals surface area contributed by atoms with Gasteiger partial charge < -0.3 is 54.4 Å². The molecule has 0 unspecified atom stereocenters. The fourth-order valence-corrected chi connectivity index (χ4v) is 3.61. The number of rotatable bonds is 20. The number of amides is 5. The average molecular weight is 575 g/mol. The molecule has 0 aromatic heterocycles. The summed E-state index contributed by atoms with van der Waals surface area (Å²) >= 11 is 0. The topological polar surface area (TPSA) is 295 Å². The molecule has 14 N–H and O–H groups in total. The van der Waals surface area contributed by atoms with Crippen molar-refractivity contribution in [1.82, 2.24) is 21.3 Å². The number of hydrogen-bond donors (Lipinski definition) is 10. The molecule has 0 rings (SSSR count). The Balaban J connectivity index is 5.63. The van der Waals surface area contributed by atoms with Gasteiger partial charge in [-0.3, -0.25) is 24.0 Å². The third-order valence-electron chi connectivity index (χ3n) is 5.97. The molecule has 16 heteroatoms. The van der Waals surface area contributed by atoms with Crippen LogP contribution < -0.4 is 44.2 Å². The molecule has 0 aliphatic rings. The van der Waals surface area contributed by atoms with Gasteiger partial charge in [-0.15, -0.1) is 0 Å². The Bertz CT molecular complexity index is 870. The number of unbranched alkanes of at least 4 members (excludes halogenated alkanes) is 1. The lowest BCUT2D eigenvalue weighted by Gasteiger charge is -2.28. The molecule has 5 amide bonds. The highest BCUT2D eigenvalue weighted by molar-refractivity contribution is 5.96. The molecular weight excluding hydrogens is 528 g/mol. The fourth-order valence-electron chi connectivity index (χ4n) is 3.61. The lowest BCUT2D eigenvalue weighted by atomic mass is 10.0. The van der Waals surface area contributed by atoms with Crippen LogP contribution in [0.3, 0.4) is 0 Å². The van der Waals surface area contributed by atoms with Gasteiger partial charge in [-0.05, 0) is 51.6 Å². The van der Waals surface area contributed by atoms with Crippen molar-refractivity contribution < 1.29 is 39.0 Å². The van der Waals surface area contributed by atoms with Crippen molar-refractivity contribution >= 4 is 35.5 Å². The van der Waals surface area contributed by atoms with E-state index in [4.69, 9.17) is 22.9 Å². The maximum atomic E-state index is 13.2. The van der Waals surface area contributed by atoms with E-state index in [1.807, 2.05) is 0 Å². The highest BCUT2D eigenvalue weighted by Crippen LogP contribution is 2.07. The Morgan fingerprint density at radius 3 is 1.70 bits per heavy atom. The molecule has 0 fully saturated rings. The molecule has 0 radical (unpaired) electrons. The fraction of sp³-hybridized carbons (Fsp3) is 0.750. The number of aliphatic carboxylic acids is 1. The molecule has 0 aromatic carbocycles. The van der Waals surface area contributed by atoms with Gasteiger partial charge in [-0.1, -0.05) is 20.3 Å². The molecular formula is C24H46N8O8. The largest absolute Gasteiger partial charge is 0.480 e. The summed E-state index contributed by atoms with van der Waals surface area (Å²) in [6, 6.07) is -6.43. The minimum atomic E-state index is -1.60. The summed E-state index contributed by atoms with van der Waals surface area (Å²) in [5, 5.41) is 29.0. The second-order valence-electron chi connectivity index (χ2n) is 9.91. The molecule has 0 aliphatic carbocycles. The van der Waals surface area contributed by atoms with Gasteiger partial charge in [-0.2, -0.15) is 0 Å². The van der Waals surface area contributed by atoms with Crippen LogP contribution >= 0.6 is 0 Å². The van der Waals surface area contributed by atoms with Crippen molar-refractivity contribution in [1.29, 1.82) is 0 Å². The number of primary amides is 1. The zero-order chi connectivity index (χ0) is 31.0. The molecule has 0 aromatic rings. The molecule has 0 heterocycles. The summed E-state index contributed by atoms with van der Waals surface area (Å²) in [6.45, 7) is 5.08. The van der Waals surface area contributed by atoms with Crippen molar-refractivity contribution in [3.63, 3.8) is 0 Å². The number of carboxylic acid groups (broad SMARTS) is 1. The monoisotopic (exact) mass is 574 g/mol. The number of nitrogens with two attached hydrogens (primary N) is 4. The second kappa shape index (κ2) is 18.9. The summed E-state index contributed by atoms with van der Waals surface area (Å²) in [5.74, 6) is -6.15. The van der Waals surface area contributed by atoms with Gasteiger partial charge in [-0.25, -0.2) is 4.79 Å². The molecule has 0 saturated carbocycles. The predicted octanol–water partition coefficient (Wildman–Crippen LogP) is -3.88. The number of nitrogens with one attached hydrogen (secondary N) is 4. The van der Waals surface area contributed by atoms with Crippen LogP contribution in [0, 0.1) is 5.92 Å². The summed E-state index contributed by atoms with van der Waals surface area (Å²) in [5.41, 5.74) is 21.9. The van der Waals surface area contributed by atoms with Crippen LogP contribution in [0.15, 0.2) is 0 Å². The predicted molar refractivity (Wildman–Crippen MR) is 145 cm³/mol. The van der Waals surface area contributed by atoms with E-state index in [2.05, 4.69) is 21.3 Å². The smallest absolute Gasteiger partial charge is 0.326 e.